The minimum Gasteiger partial charge on any atom is -0.373 e. The molecule has 4 rings (SSSR count). The van der Waals surface area contributed by atoms with Crippen LogP contribution in [0.25, 0.3) is 0 Å². The fourth-order valence-electron chi connectivity index (χ4n) is 3.24. The van der Waals surface area contributed by atoms with E-state index in [0.29, 0.717) is 19.7 Å². The number of rotatable bonds is 5. The third kappa shape index (κ3) is 3.44. The molecule has 25 heavy (non-hydrogen) atoms. The molecule has 2 saturated heterocycles. The predicted molar refractivity (Wildman–Crippen MR) is 95.6 cm³/mol. The van der Waals surface area contributed by atoms with Gasteiger partial charge in [0.05, 0.1) is 12.7 Å². The maximum absolute atomic E-state index is 12.6. The summed E-state index contributed by atoms with van der Waals surface area (Å²) >= 11 is 1.83. The highest BCUT2D eigenvalue weighted by Gasteiger charge is 2.53. The molecular weight excluding hydrogens is 358 g/mol. The molecule has 8 heteroatoms. The predicted octanol–water partition coefficient (Wildman–Crippen LogP) is 1.94. The first-order chi connectivity index (χ1) is 12.1. The topological polar surface area (TPSA) is 72.4 Å². The molecule has 132 valence electrons. The zero-order chi connectivity index (χ0) is 17.3. The van der Waals surface area contributed by atoms with Crippen molar-refractivity contribution in [3.05, 3.63) is 54.6 Å². The Labute approximate surface area is 151 Å². The first-order valence-corrected chi connectivity index (χ1v) is 10.5. The molecule has 0 bridgehead atoms. The molecule has 2 aromatic heterocycles. The van der Waals surface area contributed by atoms with Crippen LogP contribution in [0.5, 0.6) is 0 Å². The van der Waals surface area contributed by atoms with E-state index in [0.717, 1.165) is 17.7 Å². The van der Waals surface area contributed by atoms with Crippen molar-refractivity contribution < 1.29 is 13.2 Å². The SMILES string of the molecule is O=S(=O)(c1cccnc1)N1CC2(C[C@H](OCc3cccnc3)CS2)C1. The van der Waals surface area contributed by atoms with E-state index in [1.165, 1.54) is 6.20 Å². The van der Waals surface area contributed by atoms with E-state index in [9.17, 15) is 8.42 Å². The van der Waals surface area contributed by atoms with Gasteiger partial charge in [-0.15, -0.1) is 11.8 Å². The second kappa shape index (κ2) is 6.68. The van der Waals surface area contributed by atoms with Gasteiger partial charge in [-0.05, 0) is 30.2 Å². The van der Waals surface area contributed by atoms with Gasteiger partial charge < -0.3 is 4.74 Å². The van der Waals surface area contributed by atoms with Crippen molar-refractivity contribution in [2.75, 3.05) is 18.8 Å². The number of ether oxygens (including phenoxy) is 1. The molecule has 0 aliphatic carbocycles. The van der Waals surface area contributed by atoms with Crippen molar-refractivity contribution in [3.8, 4) is 0 Å². The van der Waals surface area contributed by atoms with Crippen LogP contribution in [0.2, 0.25) is 0 Å². The van der Waals surface area contributed by atoms with E-state index < -0.39 is 10.0 Å². The van der Waals surface area contributed by atoms with E-state index in [2.05, 4.69) is 9.97 Å². The molecule has 2 aliphatic heterocycles. The smallest absolute Gasteiger partial charge is 0.244 e. The molecule has 0 N–H and O–H groups in total. The molecule has 1 atom stereocenters. The summed E-state index contributed by atoms with van der Waals surface area (Å²) in [7, 11) is -3.43. The maximum atomic E-state index is 12.6. The van der Waals surface area contributed by atoms with Crippen LogP contribution in [0, 0.1) is 0 Å². The molecule has 0 amide bonds. The lowest BCUT2D eigenvalue weighted by Gasteiger charge is -2.46. The lowest BCUT2D eigenvalue weighted by molar-refractivity contribution is 0.0396. The lowest BCUT2D eigenvalue weighted by Crippen LogP contribution is -2.60. The molecule has 4 heterocycles. The summed E-state index contributed by atoms with van der Waals surface area (Å²) in [5.74, 6) is 0.904. The number of hydrogen-bond donors (Lipinski definition) is 0. The number of thioether (sulfide) groups is 1. The summed E-state index contributed by atoms with van der Waals surface area (Å²) in [4.78, 5) is 8.26. The highest BCUT2D eigenvalue weighted by molar-refractivity contribution is 8.01. The molecular formula is C17H19N3O3S2. The van der Waals surface area contributed by atoms with Crippen molar-refractivity contribution in [2.45, 2.75) is 28.8 Å². The molecule has 2 aliphatic rings. The first-order valence-electron chi connectivity index (χ1n) is 8.12. The quantitative estimate of drug-likeness (QED) is 0.793. The fraction of sp³-hybridized carbons (Fsp3) is 0.412. The van der Waals surface area contributed by atoms with Crippen LogP contribution in [0.3, 0.4) is 0 Å². The third-order valence-corrected chi connectivity index (χ3v) is 7.94. The van der Waals surface area contributed by atoms with Crippen molar-refractivity contribution in [1.29, 1.82) is 0 Å². The Morgan fingerprint density at radius 3 is 2.64 bits per heavy atom. The summed E-state index contributed by atoms with van der Waals surface area (Å²) in [6, 6.07) is 7.14. The normalized spacial score (nSPS) is 22.8. The number of pyridine rings is 2. The van der Waals surface area contributed by atoms with E-state index in [1.807, 2.05) is 30.1 Å². The zero-order valence-electron chi connectivity index (χ0n) is 13.6. The largest absolute Gasteiger partial charge is 0.373 e. The van der Waals surface area contributed by atoms with Gasteiger partial charge in [0, 0.05) is 48.4 Å². The van der Waals surface area contributed by atoms with E-state index in [1.54, 1.807) is 28.8 Å². The molecule has 2 fully saturated rings. The van der Waals surface area contributed by atoms with Gasteiger partial charge in [-0.25, -0.2) is 8.42 Å². The summed E-state index contributed by atoms with van der Waals surface area (Å²) < 4.78 is 32.7. The zero-order valence-corrected chi connectivity index (χ0v) is 15.2. The maximum Gasteiger partial charge on any atom is 0.244 e. The van der Waals surface area contributed by atoms with E-state index >= 15 is 0 Å². The first kappa shape index (κ1) is 17.0. The van der Waals surface area contributed by atoms with Crippen LogP contribution in [-0.4, -0.2) is 52.4 Å². The molecule has 0 radical (unpaired) electrons. The number of nitrogens with zero attached hydrogens (tertiary/aromatic N) is 3. The van der Waals surface area contributed by atoms with E-state index in [4.69, 9.17) is 4.74 Å². The Morgan fingerprint density at radius 2 is 1.96 bits per heavy atom. The van der Waals surface area contributed by atoms with Gasteiger partial charge in [0.15, 0.2) is 0 Å². The molecule has 1 spiro atoms. The lowest BCUT2D eigenvalue weighted by atomic mass is 9.95. The minimum absolute atomic E-state index is 0.00508. The molecule has 6 nitrogen and oxygen atoms in total. The molecule has 0 saturated carbocycles. The Balaban J connectivity index is 1.33. The van der Waals surface area contributed by atoms with Crippen molar-refractivity contribution in [2.24, 2.45) is 0 Å². The number of sulfonamides is 1. The van der Waals surface area contributed by atoms with Crippen LogP contribution < -0.4 is 0 Å². The van der Waals surface area contributed by atoms with Gasteiger partial charge in [0.1, 0.15) is 4.90 Å². The van der Waals surface area contributed by atoms with Gasteiger partial charge in [-0.1, -0.05) is 6.07 Å². The third-order valence-electron chi connectivity index (χ3n) is 4.58. The van der Waals surface area contributed by atoms with Crippen LogP contribution in [0.4, 0.5) is 0 Å². The molecule has 2 aromatic rings. The van der Waals surface area contributed by atoms with Crippen LogP contribution in [0.15, 0.2) is 53.9 Å². The van der Waals surface area contributed by atoms with Crippen LogP contribution in [0.1, 0.15) is 12.0 Å². The van der Waals surface area contributed by atoms with Gasteiger partial charge >= 0.3 is 0 Å². The van der Waals surface area contributed by atoms with E-state index in [-0.39, 0.29) is 15.7 Å². The average Bonchev–Trinajstić information content (AvgIpc) is 3.05. The standard InChI is InChI=1S/C17H19N3O3S2/c21-25(22,16-4-2-6-19-9-16)20-12-17(13-20)7-15(11-24-17)23-10-14-3-1-5-18-8-14/h1-6,8-9,15H,7,10-13H2/t15-/m0/s1. The molecule has 0 unspecified atom stereocenters. The van der Waals surface area contributed by atoms with Crippen molar-refractivity contribution in [3.63, 3.8) is 0 Å². The Hall–Kier alpha value is -1.48. The summed E-state index contributed by atoms with van der Waals surface area (Å²) in [5.41, 5.74) is 1.06. The van der Waals surface area contributed by atoms with Crippen LogP contribution in [-0.2, 0) is 21.4 Å². The Bertz CT molecular complexity index is 825. The molecule has 0 aromatic carbocycles. The Kier molecular flexibility index (Phi) is 4.53. The highest BCUT2D eigenvalue weighted by atomic mass is 32.2. The monoisotopic (exact) mass is 377 g/mol. The summed E-state index contributed by atoms with van der Waals surface area (Å²) in [6.45, 7) is 1.64. The van der Waals surface area contributed by atoms with Gasteiger partial charge in [-0.3, -0.25) is 9.97 Å². The number of hydrogen-bond acceptors (Lipinski definition) is 6. The summed E-state index contributed by atoms with van der Waals surface area (Å²) in [6.07, 6.45) is 7.58. The average molecular weight is 377 g/mol. The van der Waals surface area contributed by atoms with Crippen LogP contribution >= 0.6 is 11.8 Å². The fourth-order valence-corrected chi connectivity index (χ4v) is 6.53. The Morgan fingerprint density at radius 1 is 1.20 bits per heavy atom. The van der Waals surface area contributed by atoms with Gasteiger partial charge in [0.2, 0.25) is 10.0 Å². The highest BCUT2D eigenvalue weighted by Crippen LogP contribution is 2.47. The second-order valence-electron chi connectivity index (χ2n) is 6.45. The van der Waals surface area contributed by atoms with Gasteiger partial charge in [0.25, 0.3) is 0 Å². The second-order valence-corrected chi connectivity index (χ2v) is 9.88. The van der Waals surface area contributed by atoms with Crippen molar-refractivity contribution >= 4 is 21.8 Å². The summed E-state index contributed by atoms with van der Waals surface area (Å²) in [5, 5.41) is 0. The van der Waals surface area contributed by atoms with Crippen molar-refractivity contribution in [1.82, 2.24) is 14.3 Å². The minimum atomic E-state index is -3.43. The van der Waals surface area contributed by atoms with Gasteiger partial charge in [-0.2, -0.15) is 4.31 Å². The number of aromatic nitrogens is 2.